The fourth-order valence-corrected chi connectivity index (χ4v) is 0.373. The molecule has 16 heavy (non-hydrogen) atoms. The number of carboxylic acids is 1. The monoisotopic (exact) mass is 230 g/mol. The predicted molar refractivity (Wildman–Crippen MR) is 65.3 cm³/mol. The second kappa shape index (κ2) is 19.2. The van der Waals surface area contributed by atoms with Crippen LogP contribution in [0.1, 0.15) is 33.6 Å². The molecular weight excluding hydrogens is 208 g/mol. The van der Waals surface area contributed by atoms with Crippen LogP contribution < -0.4 is 0 Å². The van der Waals surface area contributed by atoms with Gasteiger partial charge in [0.05, 0.1) is 6.10 Å². The summed E-state index contributed by atoms with van der Waals surface area (Å²) in [6.45, 7) is 8.29. The van der Waals surface area contributed by atoms with Gasteiger partial charge in [0, 0.05) is 6.42 Å². The van der Waals surface area contributed by atoms with Gasteiger partial charge >= 0.3 is 5.97 Å². The van der Waals surface area contributed by atoms with Crippen LogP contribution in [0.3, 0.4) is 0 Å². The smallest absolute Gasteiger partial charge is 0.303 e. The summed E-state index contributed by atoms with van der Waals surface area (Å²) >= 11 is 0. The average molecular weight is 230 g/mol. The summed E-state index contributed by atoms with van der Waals surface area (Å²) in [6, 6.07) is 0. The predicted octanol–water partition coefficient (Wildman–Crippen LogP) is 2.19. The maximum Gasteiger partial charge on any atom is 0.303 e. The molecule has 0 heterocycles. The van der Waals surface area contributed by atoms with Crippen LogP contribution in [0.2, 0.25) is 0 Å². The Balaban J connectivity index is -0.000000181. The molecule has 0 aromatic rings. The zero-order valence-electron chi connectivity index (χ0n) is 10.2. The van der Waals surface area contributed by atoms with Crippen LogP contribution in [-0.4, -0.2) is 28.6 Å². The van der Waals surface area contributed by atoms with E-state index in [-0.39, 0.29) is 12.5 Å². The first-order valence-electron chi connectivity index (χ1n) is 4.99. The van der Waals surface area contributed by atoms with E-state index < -0.39 is 5.97 Å². The highest BCUT2D eigenvalue weighted by atomic mass is 16.4. The molecule has 1 atom stereocenters. The first-order chi connectivity index (χ1) is 7.45. The first-order valence-corrected chi connectivity index (χ1v) is 4.99. The number of carboxylic acid groups (broad SMARTS) is 1. The van der Waals surface area contributed by atoms with Gasteiger partial charge in [-0.1, -0.05) is 18.2 Å². The van der Waals surface area contributed by atoms with E-state index in [0.717, 1.165) is 6.29 Å². The van der Waals surface area contributed by atoms with Crippen molar-refractivity contribution < 1.29 is 19.8 Å². The highest BCUT2D eigenvalue weighted by Crippen LogP contribution is 1.88. The van der Waals surface area contributed by atoms with Crippen molar-refractivity contribution in [3.8, 4) is 0 Å². The van der Waals surface area contributed by atoms with Gasteiger partial charge in [0.2, 0.25) is 0 Å². The van der Waals surface area contributed by atoms with Crippen molar-refractivity contribution in [1.29, 1.82) is 0 Å². The molecule has 0 amide bonds. The van der Waals surface area contributed by atoms with Crippen LogP contribution in [-0.2, 0) is 9.59 Å². The van der Waals surface area contributed by atoms with Gasteiger partial charge in [-0.05, 0) is 27.2 Å². The number of allylic oxidation sites excluding steroid dienone is 2. The molecule has 0 aliphatic carbocycles. The molecule has 0 saturated heterocycles. The largest absolute Gasteiger partial charge is 0.481 e. The Morgan fingerprint density at radius 3 is 2.00 bits per heavy atom. The van der Waals surface area contributed by atoms with Crippen LogP contribution in [0.25, 0.3) is 0 Å². The van der Waals surface area contributed by atoms with Gasteiger partial charge in [0.25, 0.3) is 0 Å². The summed E-state index contributed by atoms with van der Waals surface area (Å²) in [5.74, 6) is -0.733. The van der Waals surface area contributed by atoms with E-state index in [1.807, 2.05) is 19.1 Å². The van der Waals surface area contributed by atoms with Crippen molar-refractivity contribution >= 4 is 12.3 Å². The maximum absolute atomic E-state index is 9.84. The molecule has 94 valence electrons. The minimum absolute atomic E-state index is 0.240. The Hall–Kier alpha value is -1.42. The molecule has 0 rings (SSSR count). The van der Waals surface area contributed by atoms with Crippen LogP contribution >= 0.6 is 0 Å². The number of aliphatic carboxylic acids is 1. The molecule has 0 aromatic heterocycles. The van der Waals surface area contributed by atoms with Gasteiger partial charge in [-0.2, -0.15) is 0 Å². The zero-order chi connectivity index (χ0) is 13.4. The lowest BCUT2D eigenvalue weighted by molar-refractivity contribution is -0.136. The summed E-state index contributed by atoms with van der Waals surface area (Å²) in [5, 5.41) is 16.3. The summed E-state index contributed by atoms with van der Waals surface area (Å²) < 4.78 is 0. The minimum Gasteiger partial charge on any atom is -0.481 e. The molecule has 0 fully saturated rings. The van der Waals surface area contributed by atoms with Gasteiger partial charge < -0.3 is 15.0 Å². The molecular formula is C12H22O4. The van der Waals surface area contributed by atoms with E-state index in [0.29, 0.717) is 6.42 Å². The number of aliphatic hydroxyl groups excluding tert-OH is 1. The Morgan fingerprint density at radius 1 is 1.44 bits per heavy atom. The molecule has 1 unspecified atom stereocenters. The van der Waals surface area contributed by atoms with E-state index >= 15 is 0 Å². The Morgan fingerprint density at radius 2 is 1.81 bits per heavy atom. The number of aldehydes is 1. The van der Waals surface area contributed by atoms with Gasteiger partial charge in [-0.3, -0.25) is 4.79 Å². The summed E-state index contributed by atoms with van der Waals surface area (Å²) in [6.07, 6.45) is 6.45. The summed E-state index contributed by atoms with van der Waals surface area (Å²) in [5.41, 5.74) is 0. The van der Waals surface area contributed by atoms with Gasteiger partial charge in [0.15, 0.2) is 0 Å². The molecule has 0 aromatic carbocycles. The molecule has 4 heteroatoms. The number of rotatable bonds is 4. The van der Waals surface area contributed by atoms with Crippen LogP contribution in [0.15, 0.2) is 24.8 Å². The summed E-state index contributed by atoms with van der Waals surface area (Å²) in [7, 11) is 0. The third kappa shape index (κ3) is 54.2. The molecule has 0 spiro atoms. The number of hydrogen-bond acceptors (Lipinski definition) is 3. The Bertz CT molecular complexity index is 195. The van der Waals surface area contributed by atoms with Crippen molar-refractivity contribution in [3.05, 3.63) is 24.8 Å². The van der Waals surface area contributed by atoms with Gasteiger partial charge in [-0.15, -0.1) is 6.58 Å². The molecule has 0 saturated carbocycles. The number of aliphatic hydroxyl groups is 1. The minimum atomic E-state index is -0.733. The SMILES string of the molecule is C/C=C/CCC(=O)O.C=CC(C)O.CC=O. The number of hydrogen-bond donors (Lipinski definition) is 2. The lowest BCUT2D eigenvalue weighted by Crippen LogP contribution is -1.91. The fraction of sp³-hybridized carbons (Fsp3) is 0.500. The first kappa shape index (κ1) is 20.1. The van der Waals surface area contributed by atoms with E-state index in [1.165, 1.54) is 13.0 Å². The van der Waals surface area contributed by atoms with Crippen molar-refractivity contribution in [2.45, 2.75) is 39.7 Å². The molecule has 0 bridgehead atoms. The van der Waals surface area contributed by atoms with Crippen molar-refractivity contribution in [1.82, 2.24) is 0 Å². The van der Waals surface area contributed by atoms with Crippen LogP contribution in [0, 0.1) is 0 Å². The number of carbonyl (C=O) groups is 2. The van der Waals surface area contributed by atoms with Crippen molar-refractivity contribution in [2.75, 3.05) is 0 Å². The van der Waals surface area contributed by atoms with E-state index in [1.54, 1.807) is 6.92 Å². The zero-order valence-corrected chi connectivity index (χ0v) is 10.2. The van der Waals surface area contributed by atoms with Crippen LogP contribution in [0.5, 0.6) is 0 Å². The molecule has 4 nitrogen and oxygen atoms in total. The molecule has 2 N–H and O–H groups in total. The quantitative estimate of drug-likeness (QED) is 0.573. The van der Waals surface area contributed by atoms with Crippen LogP contribution in [0.4, 0.5) is 0 Å². The summed E-state index contributed by atoms with van der Waals surface area (Å²) in [4.78, 5) is 18.6. The molecule has 0 aliphatic heterocycles. The highest BCUT2D eigenvalue weighted by molar-refractivity contribution is 5.66. The Kier molecular flexibility index (Phi) is 24.1. The lowest BCUT2D eigenvalue weighted by atomic mass is 10.3. The lowest BCUT2D eigenvalue weighted by Gasteiger charge is -1.84. The van der Waals surface area contributed by atoms with Crippen molar-refractivity contribution in [3.63, 3.8) is 0 Å². The normalized spacial score (nSPS) is 10.2. The molecule has 0 radical (unpaired) electrons. The van der Waals surface area contributed by atoms with Crippen molar-refractivity contribution in [2.24, 2.45) is 0 Å². The average Bonchev–Trinajstić information content (AvgIpc) is 2.20. The topological polar surface area (TPSA) is 74.6 Å². The number of carbonyl (C=O) groups excluding carboxylic acids is 1. The van der Waals surface area contributed by atoms with E-state index in [4.69, 9.17) is 15.0 Å². The maximum atomic E-state index is 9.84. The fourth-order valence-electron chi connectivity index (χ4n) is 0.373. The van der Waals surface area contributed by atoms with Gasteiger partial charge in [0.1, 0.15) is 6.29 Å². The van der Waals surface area contributed by atoms with Gasteiger partial charge in [-0.25, -0.2) is 0 Å². The second-order valence-corrected chi connectivity index (χ2v) is 2.71. The third-order valence-electron chi connectivity index (χ3n) is 1.10. The standard InChI is InChI=1S/C6H10O2.C4H8O.C2H4O/c1-2-3-4-5-6(7)8;1-3-4(2)5;1-2-3/h2-3H,4-5H2,1H3,(H,7,8);3-5H,1H2,2H3;2H,1H3/b3-2+;;. The highest BCUT2D eigenvalue weighted by Gasteiger charge is 1.89. The van der Waals surface area contributed by atoms with E-state index in [9.17, 15) is 4.79 Å². The van der Waals surface area contributed by atoms with E-state index in [2.05, 4.69) is 6.58 Å². The third-order valence-corrected chi connectivity index (χ3v) is 1.10. The second-order valence-electron chi connectivity index (χ2n) is 2.71. The Labute approximate surface area is 97.3 Å². The molecule has 0 aliphatic rings.